The van der Waals surface area contributed by atoms with E-state index >= 15 is 0 Å². The molecule has 0 atom stereocenters. The van der Waals surface area contributed by atoms with Crippen LogP contribution in [0.4, 0.5) is 0 Å². The molecule has 0 saturated carbocycles. The molecule has 0 radical (unpaired) electrons. The number of imidazole rings is 1. The van der Waals surface area contributed by atoms with E-state index in [0.717, 1.165) is 43.9 Å². The average molecular weight is 272 g/mol. The van der Waals surface area contributed by atoms with E-state index in [1.807, 2.05) is 0 Å². The van der Waals surface area contributed by atoms with Crippen LogP contribution >= 0.6 is 0 Å². The summed E-state index contributed by atoms with van der Waals surface area (Å²) in [5.74, 6) is 1.16. The van der Waals surface area contributed by atoms with E-state index in [9.17, 15) is 0 Å². The number of nitrogens with zero attached hydrogens (tertiary/aromatic N) is 3. The van der Waals surface area contributed by atoms with Gasteiger partial charge in [-0.3, -0.25) is 4.90 Å². The molecule has 1 aliphatic heterocycles. The predicted molar refractivity (Wildman–Crippen MR) is 82.9 cm³/mol. The highest BCUT2D eigenvalue weighted by atomic mass is 15.1. The molecule has 2 aromatic rings. The molecule has 20 heavy (non-hydrogen) atoms. The topological polar surface area (TPSA) is 33.1 Å². The molecule has 1 aromatic heterocycles. The van der Waals surface area contributed by atoms with Crippen molar-refractivity contribution in [3.63, 3.8) is 0 Å². The van der Waals surface area contributed by atoms with Crippen LogP contribution in [0.2, 0.25) is 0 Å². The van der Waals surface area contributed by atoms with Crippen molar-refractivity contribution in [2.24, 2.45) is 7.05 Å². The van der Waals surface area contributed by atoms with E-state index in [2.05, 4.69) is 47.0 Å². The number of aromatic nitrogens is 2. The molecule has 1 saturated heterocycles. The van der Waals surface area contributed by atoms with E-state index in [1.165, 1.54) is 24.0 Å². The van der Waals surface area contributed by atoms with Gasteiger partial charge in [0.25, 0.3) is 0 Å². The molecule has 0 aliphatic carbocycles. The lowest BCUT2D eigenvalue weighted by Crippen LogP contribution is -2.27. The van der Waals surface area contributed by atoms with Crippen molar-refractivity contribution in [2.45, 2.75) is 26.3 Å². The van der Waals surface area contributed by atoms with Gasteiger partial charge in [-0.2, -0.15) is 0 Å². The summed E-state index contributed by atoms with van der Waals surface area (Å²) in [4.78, 5) is 7.27. The molecule has 1 fully saturated rings. The maximum Gasteiger partial charge on any atom is 0.109 e. The van der Waals surface area contributed by atoms with Gasteiger partial charge in [0.15, 0.2) is 0 Å². The minimum Gasteiger partial charge on any atom is -0.331 e. The summed E-state index contributed by atoms with van der Waals surface area (Å²) in [7, 11) is 2.11. The molecule has 0 bridgehead atoms. The van der Waals surface area contributed by atoms with Gasteiger partial charge in [-0.15, -0.1) is 0 Å². The molecule has 3 rings (SSSR count). The third kappa shape index (κ3) is 2.72. The van der Waals surface area contributed by atoms with Gasteiger partial charge in [-0.05, 0) is 37.2 Å². The summed E-state index contributed by atoms with van der Waals surface area (Å²) in [6.45, 7) is 7.78. The fraction of sp³-hybridized carbons (Fsp3) is 0.562. The van der Waals surface area contributed by atoms with Gasteiger partial charge < -0.3 is 9.88 Å². The Balaban J connectivity index is 1.81. The summed E-state index contributed by atoms with van der Waals surface area (Å²) in [6.07, 6.45) is 2.23. The minimum absolute atomic E-state index is 0.984. The molecular weight excluding hydrogens is 248 g/mol. The molecular formula is C16H24N4. The molecule has 0 unspecified atom stereocenters. The van der Waals surface area contributed by atoms with Crippen LogP contribution < -0.4 is 5.32 Å². The van der Waals surface area contributed by atoms with Crippen LogP contribution in [0.5, 0.6) is 0 Å². The molecule has 4 nitrogen and oxygen atoms in total. The van der Waals surface area contributed by atoms with Crippen molar-refractivity contribution < 1.29 is 0 Å². The number of aryl methyl sites for hydroxylation is 2. The summed E-state index contributed by atoms with van der Waals surface area (Å²) in [5, 5.41) is 3.45. The molecule has 1 aliphatic rings. The second kappa shape index (κ2) is 5.94. The van der Waals surface area contributed by atoms with Gasteiger partial charge in [0.1, 0.15) is 5.82 Å². The van der Waals surface area contributed by atoms with Crippen molar-refractivity contribution >= 4 is 11.0 Å². The van der Waals surface area contributed by atoms with Crippen LogP contribution in [0, 0.1) is 0 Å². The zero-order chi connectivity index (χ0) is 13.9. The Morgan fingerprint density at radius 1 is 1.25 bits per heavy atom. The first kappa shape index (κ1) is 13.6. The van der Waals surface area contributed by atoms with Crippen LogP contribution in [0.15, 0.2) is 18.2 Å². The highest BCUT2D eigenvalue weighted by Crippen LogP contribution is 2.18. The van der Waals surface area contributed by atoms with Crippen LogP contribution in [-0.4, -0.2) is 40.6 Å². The molecule has 1 N–H and O–H groups in total. The largest absolute Gasteiger partial charge is 0.331 e. The van der Waals surface area contributed by atoms with Crippen molar-refractivity contribution in [3.8, 4) is 0 Å². The SMILES string of the molecule is CCc1nc2cc(CN3CCCNCC3)ccc2n1C. The maximum absolute atomic E-state index is 4.74. The van der Waals surface area contributed by atoms with E-state index in [0.29, 0.717) is 0 Å². The van der Waals surface area contributed by atoms with Gasteiger partial charge in [-0.25, -0.2) is 4.98 Å². The normalized spacial score (nSPS) is 17.5. The molecule has 0 spiro atoms. The summed E-state index contributed by atoms with van der Waals surface area (Å²) in [5.41, 5.74) is 3.75. The van der Waals surface area contributed by atoms with Gasteiger partial charge in [0, 0.05) is 33.1 Å². The Labute approximate surface area is 120 Å². The van der Waals surface area contributed by atoms with E-state index in [-0.39, 0.29) is 0 Å². The van der Waals surface area contributed by atoms with E-state index < -0.39 is 0 Å². The molecule has 4 heteroatoms. The Morgan fingerprint density at radius 2 is 2.15 bits per heavy atom. The first-order chi connectivity index (χ1) is 9.78. The van der Waals surface area contributed by atoms with Crippen LogP contribution in [0.3, 0.4) is 0 Å². The summed E-state index contributed by atoms with van der Waals surface area (Å²) >= 11 is 0. The molecule has 0 amide bonds. The van der Waals surface area contributed by atoms with Gasteiger partial charge in [0.05, 0.1) is 11.0 Å². The lowest BCUT2D eigenvalue weighted by Gasteiger charge is -2.19. The number of hydrogen-bond donors (Lipinski definition) is 1. The smallest absolute Gasteiger partial charge is 0.109 e. The number of fused-ring (bicyclic) bond motifs is 1. The van der Waals surface area contributed by atoms with Crippen molar-refractivity contribution in [1.82, 2.24) is 19.8 Å². The Hall–Kier alpha value is -1.39. The number of nitrogens with one attached hydrogen (secondary N) is 1. The molecule has 2 heterocycles. The molecule has 1 aromatic carbocycles. The monoisotopic (exact) mass is 272 g/mol. The lowest BCUT2D eigenvalue weighted by molar-refractivity contribution is 0.284. The summed E-state index contributed by atoms with van der Waals surface area (Å²) in [6, 6.07) is 6.72. The average Bonchev–Trinajstić information content (AvgIpc) is 2.64. The second-order valence-corrected chi connectivity index (χ2v) is 5.64. The minimum atomic E-state index is 0.984. The van der Waals surface area contributed by atoms with Crippen molar-refractivity contribution in [2.75, 3.05) is 26.2 Å². The number of hydrogen-bond acceptors (Lipinski definition) is 3. The fourth-order valence-corrected chi connectivity index (χ4v) is 3.03. The van der Waals surface area contributed by atoms with E-state index in [4.69, 9.17) is 4.98 Å². The fourth-order valence-electron chi connectivity index (χ4n) is 3.03. The number of benzene rings is 1. The zero-order valence-corrected chi connectivity index (χ0v) is 12.5. The van der Waals surface area contributed by atoms with Crippen molar-refractivity contribution in [1.29, 1.82) is 0 Å². The highest BCUT2D eigenvalue weighted by molar-refractivity contribution is 5.76. The predicted octanol–water partition coefficient (Wildman–Crippen LogP) is 1.93. The first-order valence-electron chi connectivity index (χ1n) is 7.65. The Morgan fingerprint density at radius 3 is 3.00 bits per heavy atom. The van der Waals surface area contributed by atoms with Crippen molar-refractivity contribution in [3.05, 3.63) is 29.6 Å². The Kier molecular flexibility index (Phi) is 4.03. The highest BCUT2D eigenvalue weighted by Gasteiger charge is 2.11. The first-order valence-corrected chi connectivity index (χ1v) is 7.65. The number of rotatable bonds is 3. The van der Waals surface area contributed by atoms with Crippen LogP contribution in [0.25, 0.3) is 11.0 Å². The van der Waals surface area contributed by atoms with Gasteiger partial charge in [-0.1, -0.05) is 13.0 Å². The summed E-state index contributed by atoms with van der Waals surface area (Å²) < 4.78 is 2.20. The van der Waals surface area contributed by atoms with E-state index in [1.54, 1.807) is 0 Å². The standard InChI is InChI=1S/C16H24N4/c1-3-16-18-14-11-13(5-6-15(14)19(16)2)12-20-9-4-7-17-8-10-20/h5-6,11,17H,3-4,7-10,12H2,1-2H3. The maximum atomic E-state index is 4.74. The second-order valence-electron chi connectivity index (χ2n) is 5.64. The van der Waals surface area contributed by atoms with Crippen LogP contribution in [-0.2, 0) is 20.0 Å². The van der Waals surface area contributed by atoms with Crippen LogP contribution in [0.1, 0.15) is 24.7 Å². The third-order valence-corrected chi connectivity index (χ3v) is 4.19. The Bertz CT molecular complexity index is 579. The van der Waals surface area contributed by atoms with Gasteiger partial charge in [0.2, 0.25) is 0 Å². The van der Waals surface area contributed by atoms with Gasteiger partial charge >= 0.3 is 0 Å². The third-order valence-electron chi connectivity index (χ3n) is 4.19. The molecule has 108 valence electrons. The lowest BCUT2D eigenvalue weighted by atomic mass is 10.2. The quantitative estimate of drug-likeness (QED) is 0.927. The zero-order valence-electron chi connectivity index (χ0n) is 12.5.